The summed E-state index contributed by atoms with van der Waals surface area (Å²) in [5.41, 5.74) is 3.09. The number of alkyl halides is 3. The molecular weight excluding hydrogens is 441 g/mol. The highest BCUT2D eigenvalue weighted by atomic mass is 19.4. The van der Waals surface area contributed by atoms with Gasteiger partial charge in [-0.2, -0.15) is 13.2 Å². The Labute approximate surface area is 192 Å². The fourth-order valence-corrected chi connectivity index (χ4v) is 3.68. The standard InChI is InChI=1S/C26H17F3N4O/c27-26(28,29)19-9-11-20(12-10-19)31-25(34)32-21-5-1-3-18(15-21)22-13-8-17-7-6-16-4-2-14-30-23(16)24(17)33-22/h1-15H,(H2,31,32,34). The Bertz CT molecular complexity index is 1510. The summed E-state index contributed by atoms with van der Waals surface area (Å²) in [6, 6.07) is 22.6. The molecule has 2 amide bonds. The van der Waals surface area contributed by atoms with Gasteiger partial charge in [-0.15, -0.1) is 0 Å². The van der Waals surface area contributed by atoms with Crippen LogP contribution in [0.3, 0.4) is 0 Å². The number of pyridine rings is 2. The first-order chi connectivity index (χ1) is 16.4. The maximum absolute atomic E-state index is 12.7. The average Bonchev–Trinajstić information content (AvgIpc) is 2.83. The lowest BCUT2D eigenvalue weighted by molar-refractivity contribution is -0.137. The highest BCUT2D eigenvalue weighted by Gasteiger charge is 2.30. The second kappa shape index (κ2) is 8.47. The minimum absolute atomic E-state index is 0.247. The van der Waals surface area contributed by atoms with E-state index in [1.807, 2.05) is 42.5 Å². The number of carbonyl (C=O) groups is 1. The second-order valence-corrected chi connectivity index (χ2v) is 7.64. The maximum atomic E-state index is 12.7. The third-order valence-corrected chi connectivity index (χ3v) is 5.32. The van der Waals surface area contributed by atoms with E-state index in [1.165, 1.54) is 12.1 Å². The predicted octanol–water partition coefficient (Wildman–Crippen LogP) is 7.11. The molecule has 2 N–H and O–H groups in total. The van der Waals surface area contributed by atoms with E-state index in [1.54, 1.807) is 24.4 Å². The van der Waals surface area contributed by atoms with Crippen molar-refractivity contribution in [2.45, 2.75) is 6.18 Å². The van der Waals surface area contributed by atoms with E-state index in [0.29, 0.717) is 5.69 Å². The number of urea groups is 1. The van der Waals surface area contributed by atoms with Crippen molar-refractivity contribution in [1.82, 2.24) is 9.97 Å². The summed E-state index contributed by atoms with van der Waals surface area (Å²) in [6.07, 6.45) is -2.70. The Hall–Kier alpha value is -4.46. The fraction of sp³-hybridized carbons (Fsp3) is 0.0385. The zero-order valence-corrected chi connectivity index (χ0v) is 17.6. The number of anilines is 2. The van der Waals surface area contributed by atoms with Crippen molar-refractivity contribution in [2.75, 3.05) is 10.6 Å². The smallest absolute Gasteiger partial charge is 0.308 e. The highest BCUT2D eigenvalue weighted by Crippen LogP contribution is 2.30. The van der Waals surface area contributed by atoms with E-state index in [-0.39, 0.29) is 5.69 Å². The number of amides is 2. The number of nitrogens with one attached hydrogen (secondary N) is 2. The van der Waals surface area contributed by atoms with E-state index in [9.17, 15) is 18.0 Å². The third kappa shape index (κ3) is 4.38. The maximum Gasteiger partial charge on any atom is 0.416 e. The molecule has 0 unspecified atom stereocenters. The van der Waals surface area contributed by atoms with E-state index in [4.69, 9.17) is 4.98 Å². The first-order valence-corrected chi connectivity index (χ1v) is 10.4. The average molecular weight is 458 g/mol. The van der Waals surface area contributed by atoms with Crippen molar-refractivity contribution in [3.8, 4) is 11.3 Å². The molecule has 5 aromatic rings. The Morgan fingerprint density at radius 1 is 0.735 bits per heavy atom. The van der Waals surface area contributed by atoms with Crippen molar-refractivity contribution in [3.05, 3.63) is 96.7 Å². The lowest BCUT2D eigenvalue weighted by Crippen LogP contribution is -2.19. The van der Waals surface area contributed by atoms with E-state index in [2.05, 4.69) is 15.6 Å². The largest absolute Gasteiger partial charge is 0.416 e. The number of fused-ring (bicyclic) bond motifs is 3. The quantitative estimate of drug-likeness (QED) is 0.283. The molecule has 0 aliphatic carbocycles. The molecule has 5 nitrogen and oxygen atoms in total. The van der Waals surface area contributed by atoms with Crippen LogP contribution in [0.25, 0.3) is 33.1 Å². The summed E-state index contributed by atoms with van der Waals surface area (Å²) < 4.78 is 38.1. The van der Waals surface area contributed by atoms with E-state index < -0.39 is 17.8 Å². The van der Waals surface area contributed by atoms with Crippen molar-refractivity contribution in [1.29, 1.82) is 0 Å². The van der Waals surface area contributed by atoms with Gasteiger partial charge in [0, 0.05) is 33.9 Å². The molecule has 0 saturated heterocycles. The van der Waals surface area contributed by atoms with Crippen LogP contribution < -0.4 is 10.6 Å². The van der Waals surface area contributed by atoms with Crippen molar-refractivity contribution in [2.24, 2.45) is 0 Å². The SMILES string of the molecule is O=C(Nc1ccc(C(F)(F)F)cc1)Nc1cccc(-c2ccc3ccc4cccnc4c3n2)c1. The molecular formula is C26H17F3N4O. The molecule has 0 radical (unpaired) electrons. The molecule has 0 bridgehead atoms. The van der Waals surface area contributed by atoms with Gasteiger partial charge in [0.1, 0.15) is 0 Å². The van der Waals surface area contributed by atoms with E-state index in [0.717, 1.165) is 45.2 Å². The number of halogens is 3. The molecule has 0 saturated carbocycles. The summed E-state index contributed by atoms with van der Waals surface area (Å²) in [5, 5.41) is 7.20. The molecule has 2 heterocycles. The molecule has 0 atom stereocenters. The summed E-state index contributed by atoms with van der Waals surface area (Å²) in [4.78, 5) is 21.6. The van der Waals surface area contributed by atoms with E-state index >= 15 is 0 Å². The van der Waals surface area contributed by atoms with Crippen molar-refractivity contribution in [3.63, 3.8) is 0 Å². The number of carbonyl (C=O) groups excluding carboxylic acids is 1. The van der Waals surface area contributed by atoms with Gasteiger partial charge in [-0.25, -0.2) is 9.78 Å². The van der Waals surface area contributed by atoms with Gasteiger partial charge in [-0.1, -0.05) is 36.4 Å². The molecule has 0 spiro atoms. The van der Waals surface area contributed by atoms with Crippen LogP contribution in [0.4, 0.5) is 29.3 Å². The molecule has 2 aromatic heterocycles. The van der Waals surface area contributed by atoms with Crippen LogP contribution in [0.1, 0.15) is 5.56 Å². The van der Waals surface area contributed by atoms with Gasteiger partial charge >= 0.3 is 12.2 Å². The van der Waals surface area contributed by atoms with Crippen LogP contribution in [0.5, 0.6) is 0 Å². The Balaban J connectivity index is 1.37. The first kappa shape index (κ1) is 21.4. The zero-order chi connectivity index (χ0) is 23.7. The topological polar surface area (TPSA) is 66.9 Å². The second-order valence-electron chi connectivity index (χ2n) is 7.64. The van der Waals surface area contributed by atoms with Gasteiger partial charge in [0.25, 0.3) is 0 Å². The normalized spacial score (nSPS) is 11.5. The molecule has 3 aromatic carbocycles. The van der Waals surface area contributed by atoms with Gasteiger partial charge in [0.15, 0.2) is 0 Å². The number of nitrogens with zero attached hydrogens (tertiary/aromatic N) is 2. The molecule has 8 heteroatoms. The van der Waals surface area contributed by atoms with Gasteiger partial charge in [0.2, 0.25) is 0 Å². The summed E-state index contributed by atoms with van der Waals surface area (Å²) in [5.74, 6) is 0. The monoisotopic (exact) mass is 458 g/mol. The summed E-state index contributed by atoms with van der Waals surface area (Å²) >= 11 is 0. The minimum Gasteiger partial charge on any atom is -0.308 e. The Morgan fingerprint density at radius 3 is 2.21 bits per heavy atom. The molecule has 5 rings (SSSR count). The van der Waals surface area contributed by atoms with Crippen molar-refractivity contribution < 1.29 is 18.0 Å². The van der Waals surface area contributed by atoms with Gasteiger partial charge in [-0.05, 0) is 48.5 Å². The first-order valence-electron chi connectivity index (χ1n) is 10.4. The predicted molar refractivity (Wildman–Crippen MR) is 127 cm³/mol. The van der Waals surface area contributed by atoms with Gasteiger partial charge in [-0.3, -0.25) is 4.98 Å². The molecule has 34 heavy (non-hydrogen) atoms. The number of rotatable bonds is 3. The van der Waals surface area contributed by atoms with Crippen LogP contribution >= 0.6 is 0 Å². The van der Waals surface area contributed by atoms with Crippen LogP contribution in [0.15, 0.2) is 91.1 Å². The van der Waals surface area contributed by atoms with Crippen LogP contribution in [0, 0.1) is 0 Å². The molecule has 0 fully saturated rings. The molecule has 168 valence electrons. The fourth-order valence-electron chi connectivity index (χ4n) is 3.68. The molecule has 0 aliphatic rings. The van der Waals surface area contributed by atoms with Crippen molar-refractivity contribution >= 4 is 39.2 Å². The van der Waals surface area contributed by atoms with Gasteiger partial charge in [0.05, 0.1) is 22.3 Å². The lowest BCUT2D eigenvalue weighted by atomic mass is 10.1. The summed E-state index contributed by atoms with van der Waals surface area (Å²) in [6.45, 7) is 0. The number of hydrogen-bond donors (Lipinski definition) is 2. The molecule has 0 aliphatic heterocycles. The zero-order valence-electron chi connectivity index (χ0n) is 17.6. The Kier molecular flexibility index (Phi) is 5.33. The Morgan fingerprint density at radius 2 is 1.44 bits per heavy atom. The number of benzene rings is 3. The summed E-state index contributed by atoms with van der Waals surface area (Å²) in [7, 11) is 0. The van der Waals surface area contributed by atoms with Crippen LogP contribution in [-0.4, -0.2) is 16.0 Å². The lowest BCUT2D eigenvalue weighted by Gasteiger charge is -2.11. The number of hydrogen-bond acceptors (Lipinski definition) is 3. The van der Waals surface area contributed by atoms with Gasteiger partial charge < -0.3 is 10.6 Å². The minimum atomic E-state index is -4.43. The van der Waals surface area contributed by atoms with Crippen LogP contribution in [-0.2, 0) is 6.18 Å². The highest BCUT2D eigenvalue weighted by molar-refractivity contribution is 6.03. The third-order valence-electron chi connectivity index (χ3n) is 5.32. The van der Waals surface area contributed by atoms with Crippen LogP contribution in [0.2, 0.25) is 0 Å². The number of aromatic nitrogens is 2.